The average Bonchev–Trinajstić information content (AvgIpc) is 2.73. The normalized spacial score (nSPS) is 20.7. The molecule has 1 aromatic carbocycles. The summed E-state index contributed by atoms with van der Waals surface area (Å²) in [4.78, 5) is 14.5. The summed E-state index contributed by atoms with van der Waals surface area (Å²) in [7, 11) is -4.11. The van der Waals surface area contributed by atoms with E-state index in [4.69, 9.17) is 11.6 Å². The largest absolute Gasteiger partial charge is 0.417 e. The molecule has 0 atom stereocenters. The number of sulfonamides is 1. The summed E-state index contributed by atoms with van der Waals surface area (Å²) in [5.41, 5.74) is -1.18. The fraction of sp³-hybridized carbons (Fsp3) is 0.650. The molecular weight excluding hydrogens is 455 g/mol. The zero-order chi connectivity index (χ0) is 22.8. The van der Waals surface area contributed by atoms with Crippen LogP contribution in [0.15, 0.2) is 23.1 Å². The van der Waals surface area contributed by atoms with Crippen LogP contribution in [0.25, 0.3) is 0 Å². The van der Waals surface area contributed by atoms with Gasteiger partial charge >= 0.3 is 6.18 Å². The van der Waals surface area contributed by atoms with E-state index in [1.165, 1.54) is 0 Å². The third-order valence-electron chi connectivity index (χ3n) is 6.09. The lowest BCUT2D eigenvalue weighted by Crippen LogP contribution is -2.48. The number of piperidine rings is 2. The highest BCUT2D eigenvalue weighted by Gasteiger charge is 2.37. The highest BCUT2D eigenvalue weighted by atomic mass is 35.5. The van der Waals surface area contributed by atoms with Gasteiger partial charge in [0.2, 0.25) is 15.9 Å². The number of hydrogen-bond donors (Lipinski definition) is 1. The minimum Gasteiger partial charge on any atom is -0.353 e. The van der Waals surface area contributed by atoms with Crippen LogP contribution in [0.2, 0.25) is 5.02 Å². The maximum Gasteiger partial charge on any atom is 0.417 e. The number of benzene rings is 1. The Kier molecular flexibility index (Phi) is 7.55. The van der Waals surface area contributed by atoms with Crippen LogP contribution in [0.3, 0.4) is 0 Å². The van der Waals surface area contributed by atoms with E-state index in [2.05, 4.69) is 17.1 Å². The van der Waals surface area contributed by atoms with E-state index in [0.717, 1.165) is 48.9 Å². The molecule has 11 heteroatoms. The second-order valence-corrected chi connectivity index (χ2v) is 10.4. The quantitative estimate of drug-likeness (QED) is 0.700. The zero-order valence-electron chi connectivity index (χ0n) is 17.3. The van der Waals surface area contributed by atoms with Crippen molar-refractivity contribution in [1.29, 1.82) is 0 Å². The molecule has 0 unspecified atom stereocenters. The Morgan fingerprint density at radius 3 is 2.29 bits per heavy atom. The molecule has 3 rings (SSSR count). The van der Waals surface area contributed by atoms with Crippen LogP contribution in [0, 0.1) is 5.92 Å². The predicted octanol–water partition coefficient (Wildman–Crippen LogP) is 3.36. The van der Waals surface area contributed by atoms with Gasteiger partial charge < -0.3 is 10.2 Å². The van der Waals surface area contributed by atoms with Crippen LogP contribution < -0.4 is 5.32 Å². The molecule has 174 valence electrons. The summed E-state index contributed by atoms with van der Waals surface area (Å²) in [6.45, 7) is 5.15. The maximum absolute atomic E-state index is 13.1. The van der Waals surface area contributed by atoms with Crippen molar-refractivity contribution in [2.45, 2.75) is 49.7 Å². The molecule has 1 amide bonds. The number of amides is 1. The average molecular weight is 482 g/mol. The Morgan fingerprint density at radius 1 is 1.13 bits per heavy atom. The van der Waals surface area contributed by atoms with Gasteiger partial charge in [-0.25, -0.2) is 8.42 Å². The molecule has 0 aromatic heterocycles. The van der Waals surface area contributed by atoms with Gasteiger partial charge in [0.25, 0.3) is 0 Å². The molecule has 2 fully saturated rings. The third kappa shape index (κ3) is 5.71. The van der Waals surface area contributed by atoms with Crippen LogP contribution in [0.5, 0.6) is 0 Å². The topological polar surface area (TPSA) is 69.7 Å². The number of halogens is 4. The van der Waals surface area contributed by atoms with Gasteiger partial charge in [-0.1, -0.05) is 18.5 Å². The predicted molar refractivity (Wildman–Crippen MR) is 111 cm³/mol. The lowest BCUT2D eigenvalue weighted by molar-refractivity contribution is -0.137. The van der Waals surface area contributed by atoms with E-state index < -0.39 is 31.7 Å². The second kappa shape index (κ2) is 9.64. The van der Waals surface area contributed by atoms with E-state index in [-0.39, 0.29) is 31.0 Å². The fourth-order valence-corrected chi connectivity index (χ4v) is 5.82. The van der Waals surface area contributed by atoms with Crippen molar-refractivity contribution in [3.63, 3.8) is 0 Å². The number of rotatable bonds is 5. The highest BCUT2D eigenvalue weighted by molar-refractivity contribution is 7.89. The number of carbonyl (C=O) groups excluding carboxylic acids is 1. The van der Waals surface area contributed by atoms with Gasteiger partial charge in [-0.3, -0.25) is 4.79 Å². The summed E-state index contributed by atoms with van der Waals surface area (Å²) < 4.78 is 66.1. The Hall–Kier alpha value is -1.36. The zero-order valence-corrected chi connectivity index (χ0v) is 18.9. The van der Waals surface area contributed by atoms with Gasteiger partial charge in [0.05, 0.1) is 15.5 Å². The van der Waals surface area contributed by atoms with Crippen LogP contribution in [0.4, 0.5) is 13.2 Å². The number of alkyl halides is 3. The molecule has 2 aliphatic heterocycles. The molecule has 0 radical (unpaired) electrons. The molecule has 6 nitrogen and oxygen atoms in total. The molecule has 0 spiro atoms. The van der Waals surface area contributed by atoms with E-state index in [9.17, 15) is 26.4 Å². The summed E-state index contributed by atoms with van der Waals surface area (Å²) in [6, 6.07) is 2.72. The van der Waals surface area contributed by atoms with Crippen molar-refractivity contribution in [3.8, 4) is 0 Å². The Bertz CT molecular complexity index is 895. The minimum absolute atomic E-state index is 0.0714. The van der Waals surface area contributed by atoms with E-state index >= 15 is 0 Å². The van der Waals surface area contributed by atoms with E-state index in [1.54, 1.807) is 0 Å². The first-order valence-electron chi connectivity index (χ1n) is 10.4. The summed E-state index contributed by atoms with van der Waals surface area (Å²) in [5.74, 6) is -0.371. The van der Waals surface area contributed by atoms with Gasteiger partial charge in [-0.15, -0.1) is 0 Å². The van der Waals surface area contributed by atoms with Crippen LogP contribution in [-0.2, 0) is 21.0 Å². The number of likely N-dealkylation sites (tertiary alicyclic amines) is 1. The molecule has 1 aromatic rings. The van der Waals surface area contributed by atoms with E-state index in [1.807, 2.05) is 0 Å². The highest BCUT2D eigenvalue weighted by Crippen LogP contribution is 2.36. The lowest BCUT2D eigenvalue weighted by Gasteiger charge is -2.34. The maximum atomic E-state index is 13.1. The van der Waals surface area contributed by atoms with Crippen molar-refractivity contribution in [3.05, 3.63) is 28.8 Å². The molecule has 2 aliphatic rings. The monoisotopic (exact) mass is 481 g/mol. The van der Waals surface area contributed by atoms with Gasteiger partial charge in [-0.2, -0.15) is 17.5 Å². The first-order chi connectivity index (χ1) is 14.5. The molecule has 2 heterocycles. The van der Waals surface area contributed by atoms with E-state index in [0.29, 0.717) is 18.9 Å². The lowest BCUT2D eigenvalue weighted by atomic mass is 9.96. The number of nitrogens with one attached hydrogen (secondary N) is 1. The summed E-state index contributed by atoms with van der Waals surface area (Å²) in [5, 5.41) is 2.53. The second-order valence-electron chi connectivity index (χ2n) is 8.03. The van der Waals surface area contributed by atoms with Crippen molar-refractivity contribution in [2.24, 2.45) is 5.92 Å². The van der Waals surface area contributed by atoms with Gasteiger partial charge in [0, 0.05) is 38.1 Å². The van der Waals surface area contributed by atoms with Crippen LogP contribution >= 0.6 is 11.6 Å². The molecule has 0 saturated carbocycles. The number of hydrogen-bond acceptors (Lipinski definition) is 4. The van der Waals surface area contributed by atoms with Crippen LogP contribution in [0.1, 0.15) is 38.2 Å². The SMILES string of the molecule is CCN1CCC(NC(=O)C2CCN(S(=O)(=O)c3ccc(Cl)c(C(F)(F)F)c3)CC2)CC1. The van der Waals surface area contributed by atoms with Crippen molar-refractivity contribution in [2.75, 3.05) is 32.7 Å². The Morgan fingerprint density at radius 2 is 1.74 bits per heavy atom. The number of nitrogens with zero attached hydrogens (tertiary/aromatic N) is 2. The van der Waals surface area contributed by atoms with Gasteiger partial charge in [-0.05, 0) is 50.4 Å². The third-order valence-corrected chi connectivity index (χ3v) is 8.31. The smallest absolute Gasteiger partial charge is 0.353 e. The Balaban J connectivity index is 1.59. The summed E-state index contributed by atoms with van der Waals surface area (Å²) >= 11 is 5.59. The van der Waals surface area contributed by atoms with Gasteiger partial charge in [0.1, 0.15) is 0 Å². The summed E-state index contributed by atoms with van der Waals surface area (Å²) in [6.07, 6.45) is -2.30. The molecular formula is C20H27ClF3N3O3S. The number of carbonyl (C=O) groups is 1. The molecule has 0 bridgehead atoms. The molecule has 2 saturated heterocycles. The fourth-order valence-electron chi connectivity index (χ4n) is 4.10. The minimum atomic E-state index is -4.75. The first kappa shape index (κ1) is 24.3. The molecule has 1 N–H and O–H groups in total. The Labute approximate surface area is 185 Å². The first-order valence-corrected chi connectivity index (χ1v) is 12.2. The van der Waals surface area contributed by atoms with Crippen LogP contribution in [-0.4, -0.2) is 62.3 Å². The van der Waals surface area contributed by atoms with Gasteiger partial charge in [0.15, 0.2) is 0 Å². The van der Waals surface area contributed by atoms with Crippen molar-refractivity contribution < 1.29 is 26.4 Å². The van der Waals surface area contributed by atoms with Crippen molar-refractivity contribution in [1.82, 2.24) is 14.5 Å². The standard InChI is InChI=1S/C20H27ClF3N3O3S/c1-2-26-9-7-15(8-10-26)25-19(28)14-5-11-27(12-6-14)31(29,30)16-3-4-18(21)17(13-16)20(22,23)24/h3-4,13-15H,2,5-12H2,1H3,(H,25,28). The molecule has 0 aliphatic carbocycles. The van der Waals surface area contributed by atoms with Crippen molar-refractivity contribution >= 4 is 27.5 Å². The molecule has 31 heavy (non-hydrogen) atoms.